The predicted octanol–water partition coefficient (Wildman–Crippen LogP) is -0.0825. The summed E-state index contributed by atoms with van der Waals surface area (Å²) in [6.45, 7) is 3.13. The zero-order chi connectivity index (χ0) is 11.4. The van der Waals surface area contributed by atoms with Crippen molar-refractivity contribution >= 4 is 11.9 Å². The molecule has 2 unspecified atom stereocenters. The smallest absolute Gasteiger partial charge is 0.326 e. The predicted molar refractivity (Wildman–Crippen MR) is 55.5 cm³/mol. The SMILES string of the molecule is CC(C(=O)O)N(C)C(=O)C1CCCNC1. The van der Waals surface area contributed by atoms with E-state index in [1.807, 2.05) is 0 Å². The van der Waals surface area contributed by atoms with E-state index in [-0.39, 0.29) is 11.8 Å². The highest BCUT2D eigenvalue weighted by Crippen LogP contribution is 2.14. The number of carboxylic acid groups (broad SMARTS) is 1. The van der Waals surface area contributed by atoms with Crippen LogP contribution in [0, 0.1) is 5.92 Å². The third-order valence-electron chi connectivity index (χ3n) is 2.93. The number of carbonyl (C=O) groups is 2. The minimum Gasteiger partial charge on any atom is -0.480 e. The van der Waals surface area contributed by atoms with Crippen LogP contribution in [0.5, 0.6) is 0 Å². The Labute approximate surface area is 89.4 Å². The van der Waals surface area contributed by atoms with Crippen LogP contribution in [0.15, 0.2) is 0 Å². The quantitative estimate of drug-likeness (QED) is 0.689. The molecule has 5 heteroatoms. The number of aliphatic carboxylic acids is 1. The number of hydrogen-bond donors (Lipinski definition) is 2. The van der Waals surface area contributed by atoms with Crippen LogP contribution in [0.2, 0.25) is 0 Å². The molecule has 0 aromatic rings. The standard InChI is InChI=1S/C10H18N2O3/c1-7(10(14)15)12(2)9(13)8-4-3-5-11-6-8/h7-8,11H,3-6H2,1-2H3,(H,14,15). The minimum atomic E-state index is -0.963. The number of hydrogen-bond acceptors (Lipinski definition) is 3. The lowest BCUT2D eigenvalue weighted by Crippen LogP contribution is -2.47. The van der Waals surface area contributed by atoms with Gasteiger partial charge in [-0.05, 0) is 26.3 Å². The van der Waals surface area contributed by atoms with E-state index in [2.05, 4.69) is 5.32 Å². The molecule has 0 aromatic heterocycles. The van der Waals surface area contributed by atoms with Crippen molar-refractivity contribution in [1.29, 1.82) is 0 Å². The molecular formula is C10H18N2O3. The van der Waals surface area contributed by atoms with Crippen LogP contribution >= 0.6 is 0 Å². The molecule has 1 rings (SSSR count). The van der Waals surface area contributed by atoms with Crippen molar-refractivity contribution in [3.8, 4) is 0 Å². The Kier molecular flexibility index (Phi) is 4.08. The first-order valence-electron chi connectivity index (χ1n) is 5.24. The maximum Gasteiger partial charge on any atom is 0.326 e. The summed E-state index contributed by atoms with van der Waals surface area (Å²) in [5, 5.41) is 11.9. The number of rotatable bonds is 3. The monoisotopic (exact) mass is 214 g/mol. The lowest BCUT2D eigenvalue weighted by molar-refractivity contribution is -0.150. The highest BCUT2D eigenvalue weighted by atomic mass is 16.4. The average molecular weight is 214 g/mol. The van der Waals surface area contributed by atoms with Crippen molar-refractivity contribution in [2.75, 3.05) is 20.1 Å². The maximum atomic E-state index is 11.9. The topological polar surface area (TPSA) is 69.6 Å². The van der Waals surface area contributed by atoms with Gasteiger partial charge in [0.05, 0.1) is 5.92 Å². The fraction of sp³-hybridized carbons (Fsp3) is 0.800. The summed E-state index contributed by atoms with van der Waals surface area (Å²) in [5.74, 6) is -1.10. The Bertz CT molecular complexity index is 249. The van der Waals surface area contributed by atoms with E-state index < -0.39 is 12.0 Å². The van der Waals surface area contributed by atoms with Gasteiger partial charge in [0.25, 0.3) is 0 Å². The van der Waals surface area contributed by atoms with Crippen LogP contribution in [0.3, 0.4) is 0 Å². The second-order valence-electron chi connectivity index (χ2n) is 4.01. The number of likely N-dealkylation sites (N-methyl/N-ethyl adjacent to an activating group) is 1. The van der Waals surface area contributed by atoms with Crippen LogP contribution < -0.4 is 5.32 Å². The van der Waals surface area contributed by atoms with E-state index in [1.54, 1.807) is 7.05 Å². The van der Waals surface area contributed by atoms with E-state index in [0.717, 1.165) is 19.4 Å². The van der Waals surface area contributed by atoms with Gasteiger partial charge in [-0.2, -0.15) is 0 Å². The van der Waals surface area contributed by atoms with Gasteiger partial charge in [-0.25, -0.2) is 4.79 Å². The number of nitrogens with one attached hydrogen (secondary N) is 1. The van der Waals surface area contributed by atoms with Crippen LogP contribution in [0.25, 0.3) is 0 Å². The normalized spacial score (nSPS) is 23.2. The molecule has 15 heavy (non-hydrogen) atoms. The molecule has 1 aliphatic rings. The van der Waals surface area contributed by atoms with Gasteiger partial charge in [-0.1, -0.05) is 0 Å². The molecule has 1 heterocycles. The molecule has 5 nitrogen and oxygen atoms in total. The second-order valence-corrected chi connectivity index (χ2v) is 4.01. The molecule has 1 amide bonds. The number of piperidine rings is 1. The molecule has 2 atom stereocenters. The molecule has 86 valence electrons. The second kappa shape index (κ2) is 5.11. The van der Waals surface area contributed by atoms with E-state index in [9.17, 15) is 9.59 Å². The average Bonchev–Trinajstić information content (AvgIpc) is 2.27. The number of nitrogens with zero attached hydrogens (tertiary/aromatic N) is 1. The molecule has 0 bridgehead atoms. The highest BCUT2D eigenvalue weighted by Gasteiger charge is 2.28. The van der Waals surface area contributed by atoms with Gasteiger partial charge in [0, 0.05) is 13.6 Å². The first-order chi connectivity index (χ1) is 7.04. The third kappa shape index (κ3) is 2.92. The Morgan fingerprint density at radius 1 is 1.53 bits per heavy atom. The minimum absolute atomic E-state index is 0.0643. The van der Waals surface area contributed by atoms with Crippen LogP contribution in [0.4, 0.5) is 0 Å². The van der Waals surface area contributed by atoms with E-state index in [0.29, 0.717) is 6.54 Å². The lowest BCUT2D eigenvalue weighted by atomic mass is 9.98. The van der Waals surface area contributed by atoms with Crippen LogP contribution in [-0.4, -0.2) is 48.1 Å². The van der Waals surface area contributed by atoms with E-state index >= 15 is 0 Å². The van der Waals surface area contributed by atoms with E-state index in [1.165, 1.54) is 11.8 Å². The van der Waals surface area contributed by atoms with Gasteiger partial charge < -0.3 is 15.3 Å². The fourth-order valence-corrected chi connectivity index (χ4v) is 1.71. The lowest BCUT2D eigenvalue weighted by Gasteiger charge is -2.29. The third-order valence-corrected chi connectivity index (χ3v) is 2.93. The van der Waals surface area contributed by atoms with Gasteiger partial charge >= 0.3 is 5.97 Å². The Balaban J connectivity index is 2.54. The Morgan fingerprint density at radius 3 is 2.67 bits per heavy atom. The Morgan fingerprint density at radius 2 is 2.20 bits per heavy atom. The van der Waals surface area contributed by atoms with Crippen molar-refractivity contribution in [1.82, 2.24) is 10.2 Å². The molecule has 0 spiro atoms. The molecule has 0 radical (unpaired) electrons. The molecule has 0 aliphatic carbocycles. The summed E-state index contributed by atoms with van der Waals surface area (Å²) in [6.07, 6.45) is 1.83. The van der Waals surface area contributed by atoms with Gasteiger partial charge in [0.1, 0.15) is 6.04 Å². The summed E-state index contributed by atoms with van der Waals surface area (Å²) >= 11 is 0. The molecule has 0 saturated carbocycles. The van der Waals surface area contributed by atoms with Crippen molar-refractivity contribution in [3.63, 3.8) is 0 Å². The summed E-state index contributed by atoms with van der Waals surface area (Å²) in [4.78, 5) is 23.9. The van der Waals surface area contributed by atoms with Crippen molar-refractivity contribution in [2.45, 2.75) is 25.8 Å². The summed E-state index contributed by atoms with van der Waals surface area (Å²) in [7, 11) is 1.55. The Hall–Kier alpha value is -1.10. The van der Waals surface area contributed by atoms with Crippen molar-refractivity contribution in [3.05, 3.63) is 0 Å². The zero-order valence-corrected chi connectivity index (χ0v) is 9.19. The van der Waals surface area contributed by atoms with Crippen LogP contribution in [0.1, 0.15) is 19.8 Å². The molecule has 1 saturated heterocycles. The van der Waals surface area contributed by atoms with Gasteiger partial charge in [-0.3, -0.25) is 4.79 Å². The molecule has 2 N–H and O–H groups in total. The summed E-state index contributed by atoms with van der Waals surface area (Å²) < 4.78 is 0. The van der Waals surface area contributed by atoms with Gasteiger partial charge in [0.15, 0.2) is 0 Å². The largest absolute Gasteiger partial charge is 0.480 e. The summed E-state index contributed by atoms with van der Waals surface area (Å²) in [5.41, 5.74) is 0. The number of carboxylic acids is 1. The molecule has 0 aromatic carbocycles. The molecule has 1 aliphatic heterocycles. The number of carbonyl (C=O) groups excluding carboxylic acids is 1. The maximum absolute atomic E-state index is 11.9. The van der Waals surface area contributed by atoms with Crippen LogP contribution in [-0.2, 0) is 9.59 Å². The fourth-order valence-electron chi connectivity index (χ4n) is 1.71. The molecule has 1 fully saturated rings. The number of amides is 1. The zero-order valence-electron chi connectivity index (χ0n) is 9.19. The molecular weight excluding hydrogens is 196 g/mol. The van der Waals surface area contributed by atoms with Gasteiger partial charge in [0.2, 0.25) is 5.91 Å². The van der Waals surface area contributed by atoms with Crippen molar-refractivity contribution < 1.29 is 14.7 Å². The van der Waals surface area contributed by atoms with Gasteiger partial charge in [-0.15, -0.1) is 0 Å². The first kappa shape index (κ1) is 12.0. The summed E-state index contributed by atoms with van der Waals surface area (Å²) in [6, 6.07) is -0.751. The first-order valence-corrected chi connectivity index (χ1v) is 5.24. The van der Waals surface area contributed by atoms with Crippen molar-refractivity contribution in [2.24, 2.45) is 5.92 Å². The highest BCUT2D eigenvalue weighted by molar-refractivity contribution is 5.84. The van der Waals surface area contributed by atoms with E-state index in [4.69, 9.17) is 5.11 Å².